The van der Waals surface area contributed by atoms with Crippen LogP contribution in [0, 0.1) is 5.92 Å². The Morgan fingerprint density at radius 2 is 1.41 bits per heavy atom. The van der Waals surface area contributed by atoms with Gasteiger partial charge >= 0.3 is 0 Å². The standard InChI is InChI=1S/C22H28N2O3/c1-15(2)21(26)24-18-10-8-17(9-11-18)23-20(25)14-27-19-12-6-16(7-13-19)22(3,4)5/h6-13,15H,14H2,1-5H3,(H,23,25)(H,24,26). The van der Waals surface area contributed by atoms with E-state index in [9.17, 15) is 9.59 Å². The highest BCUT2D eigenvalue weighted by molar-refractivity contribution is 5.94. The van der Waals surface area contributed by atoms with Crippen molar-refractivity contribution in [3.8, 4) is 5.75 Å². The molecular formula is C22H28N2O3. The van der Waals surface area contributed by atoms with E-state index in [1.54, 1.807) is 24.3 Å². The van der Waals surface area contributed by atoms with Crippen LogP contribution in [-0.2, 0) is 15.0 Å². The van der Waals surface area contributed by atoms with Crippen molar-refractivity contribution in [3.05, 3.63) is 54.1 Å². The number of nitrogens with one attached hydrogen (secondary N) is 2. The lowest BCUT2D eigenvalue weighted by Crippen LogP contribution is -2.20. The van der Waals surface area contributed by atoms with Gasteiger partial charge in [0.15, 0.2) is 6.61 Å². The van der Waals surface area contributed by atoms with Crippen molar-refractivity contribution in [1.82, 2.24) is 0 Å². The summed E-state index contributed by atoms with van der Waals surface area (Å²) in [5.74, 6) is 0.287. The van der Waals surface area contributed by atoms with E-state index in [1.807, 2.05) is 38.1 Å². The molecule has 0 aliphatic rings. The summed E-state index contributed by atoms with van der Waals surface area (Å²) in [7, 11) is 0. The molecule has 0 saturated heterocycles. The molecule has 0 aliphatic heterocycles. The first-order valence-electron chi connectivity index (χ1n) is 9.09. The lowest BCUT2D eigenvalue weighted by atomic mass is 9.87. The molecule has 0 spiro atoms. The van der Waals surface area contributed by atoms with Crippen LogP contribution in [0.1, 0.15) is 40.2 Å². The molecule has 144 valence electrons. The summed E-state index contributed by atoms with van der Waals surface area (Å²) in [5, 5.41) is 5.58. The summed E-state index contributed by atoms with van der Waals surface area (Å²) in [4.78, 5) is 23.7. The molecule has 2 aromatic carbocycles. The van der Waals surface area contributed by atoms with Gasteiger partial charge in [-0.3, -0.25) is 9.59 Å². The summed E-state index contributed by atoms with van der Waals surface area (Å²) in [5.41, 5.74) is 2.64. The second-order valence-electron chi connectivity index (χ2n) is 7.83. The average molecular weight is 368 g/mol. The summed E-state index contributed by atoms with van der Waals surface area (Å²) in [6, 6.07) is 14.8. The number of benzene rings is 2. The van der Waals surface area contributed by atoms with Crippen molar-refractivity contribution in [3.63, 3.8) is 0 Å². The number of hydrogen-bond donors (Lipinski definition) is 2. The Morgan fingerprint density at radius 3 is 1.89 bits per heavy atom. The van der Waals surface area contributed by atoms with Gasteiger partial charge in [-0.1, -0.05) is 46.8 Å². The second kappa shape index (κ2) is 8.71. The van der Waals surface area contributed by atoms with E-state index in [1.165, 1.54) is 5.56 Å². The first-order chi connectivity index (χ1) is 12.6. The summed E-state index contributed by atoms with van der Waals surface area (Å²) in [6.45, 7) is 10.0. The van der Waals surface area contributed by atoms with Gasteiger partial charge in [0.1, 0.15) is 5.75 Å². The average Bonchev–Trinajstić information content (AvgIpc) is 2.61. The Morgan fingerprint density at radius 1 is 0.889 bits per heavy atom. The first kappa shape index (κ1) is 20.5. The van der Waals surface area contributed by atoms with Crippen molar-refractivity contribution >= 4 is 23.2 Å². The molecule has 2 rings (SSSR count). The predicted molar refractivity (Wildman–Crippen MR) is 109 cm³/mol. The first-order valence-corrected chi connectivity index (χ1v) is 9.09. The monoisotopic (exact) mass is 368 g/mol. The van der Waals surface area contributed by atoms with Crippen LogP contribution in [0.5, 0.6) is 5.75 Å². The number of carbonyl (C=O) groups excluding carboxylic acids is 2. The highest BCUT2D eigenvalue weighted by Gasteiger charge is 2.13. The van der Waals surface area contributed by atoms with Crippen molar-refractivity contribution < 1.29 is 14.3 Å². The smallest absolute Gasteiger partial charge is 0.262 e. The molecule has 0 radical (unpaired) electrons. The number of ether oxygens (including phenoxy) is 1. The van der Waals surface area contributed by atoms with Crippen molar-refractivity contribution in [2.75, 3.05) is 17.2 Å². The lowest BCUT2D eigenvalue weighted by Gasteiger charge is -2.19. The van der Waals surface area contributed by atoms with Crippen molar-refractivity contribution in [2.24, 2.45) is 5.92 Å². The minimum Gasteiger partial charge on any atom is -0.484 e. The third kappa shape index (κ3) is 6.44. The molecule has 0 unspecified atom stereocenters. The molecule has 0 fully saturated rings. The van der Waals surface area contributed by atoms with E-state index in [-0.39, 0.29) is 29.8 Å². The Bertz CT molecular complexity index is 773. The minimum absolute atomic E-state index is 0.0438. The fourth-order valence-electron chi connectivity index (χ4n) is 2.32. The number of amides is 2. The third-order valence-electron chi connectivity index (χ3n) is 4.05. The van der Waals surface area contributed by atoms with Gasteiger partial charge < -0.3 is 15.4 Å². The molecule has 2 amide bonds. The molecule has 5 heteroatoms. The van der Waals surface area contributed by atoms with E-state index in [4.69, 9.17) is 4.74 Å². The van der Waals surface area contributed by atoms with Gasteiger partial charge in [0.25, 0.3) is 5.91 Å². The molecule has 0 bridgehead atoms. The summed E-state index contributed by atoms with van der Waals surface area (Å²) in [6.07, 6.45) is 0. The van der Waals surface area contributed by atoms with Gasteiger partial charge in [-0.2, -0.15) is 0 Å². The zero-order valence-electron chi connectivity index (χ0n) is 16.6. The van der Waals surface area contributed by atoms with Crippen LogP contribution in [0.4, 0.5) is 11.4 Å². The number of rotatable bonds is 6. The maximum absolute atomic E-state index is 12.1. The quantitative estimate of drug-likeness (QED) is 0.783. The number of carbonyl (C=O) groups is 2. The molecule has 0 saturated carbocycles. The highest BCUT2D eigenvalue weighted by Crippen LogP contribution is 2.24. The molecule has 0 atom stereocenters. The molecule has 0 aliphatic carbocycles. The van der Waals surface area contributed by atoms with E-state index in [2.05, 4.69) is 31.4 Å². The van der Waals surface area contributed by atoms with Crippen molar-refractivity contribution in [2.45, 2.75) is 40.0 Å². The molecular weight excluding hydrogens is 340 g/mol. The minimum atomic E-state index is -0.242. The Kier molecular flexibility index (Phi) is 6.61. The van der Waals surface area contributed by atoms with Crippen LogP contribution in [0.25, 0.3) is 0 Å². The van der Waals surface area contributed by atoms with Gasteiger partial charge in [0, 0.05) is 17.3 Å². The summed E-state index contributed by atoms with van der Waals surface area (Å²) >= 11 is 0. The van der Waals surface area contributed by atoms with Crippen LogP contribution in [0.2, 0.25) is 0 Å². The van der Waals surface area contributed by atoms with Crippen LogP contribution in [-0.4, -0.2) is 18.4 Å². The topological polar surface area (TPSA) is 67.4 Å². The van der Waals surface area contributed by atoms with Gasteiger partial charge in [-0.15, -0.1) is 0 Å². The molecule has 2 N–H and O–H groups in total. The Balaban J connectivity index is 1.84. The fraction of sp³-hybridized carbons (Fsp3) is 0.364. The van der Waals surface area contributed by atoms with E-state index >= 15 is 0 Å². The van der Waals surface area contributed by atoms with Gasteiger partial charge in [-0.05, 0) is 47.4 Å². The zero-order chi connectivity index (χ0) is 20.0. The third-order valence-corrected chi connectivity index (χ3v) is 4.05. The molecule has 27 heavy (non-hydrogen) atoms. The van der Waals surface area contributed by atoms with Gasteiger partial charge in [-0.25, -0.2) is 0 Å². The van der Waals surface area contributed by atoms with Crippen LogP contribution in [0.15, 0.2) is 48.5 Å². The SMILES string of the molecule is CC(C)C(=O)Nc1ccc(NC(=O)COc2ccc(C(C)(C)C)cc2)cc1. The maximum Gasteiger partial charge on any atom is 0.262 e. The Hall–Kier alpha value is -2.82. The highest BCUT2D eigenvalue weighted by atomic mass is 16.5. The lowest BCUT2D eigenvalue weighted by molar-refractivity contribution is -0.119. The Labute approximate surface area is 161 Å². The van der Waals surface area contributed by atoms with E-state index in [0.29, 0.717) is 17.1 Å². The van der Waals surface area contributed by atoms with Gasteiger partial charge in [0.2, 0.25) is 5.91 Å². The van der Waals surface area contributed by atoms with Crippen LogP contribution >= 0.6 is 0 Å². The van der Waals surface area contributed by atoms with Crippen LogP contribution < -0.4 is 15.4 Å². The predicted octanol–water partition coefficient (Wildman–Crippen LogP) is 4.60. The number of hydrogen-bond acceptors (Lipinski definition) is 3. The maximum atomic E-state index is 12.1. The molecule has 0 aromatic heterocycles. The van der Waals surface area contributed by atoms with Crippen molar-refractivity contribution in [1.29, 1.82) is 0 Å². The molecule has 5 nitrogen and oxygen atoms in total. The van der Waals surface area contributed by atoms with Gasteiger partial charge in [0.05, 0.1) is 0 Å². The van der Waals surface area contributed by atoms with Crippen LogP contribution in [0.3, 0.4) is 0 Å². The number of anilines is 2. The second-order valence-corrected chi connectivity index (χ2v) is 7.83. The van der Waals surface area contributed by atoms with E-state index in [0.717, 1.165) is 0 Å². The fourth-order valence-corrected chi connectivity index (χ4v) is 2.32. The normalized spacial score (nSPS) is 11.2. The largest absolute Gasteiger partial charge is 0.484 e. The zero-order valence-corrected chi connectivity index (χ0v) is 16.6. The molecule has 2 aromatic rings. The molecule has 0 heterocycles. The summed E-state index contributed by atoms with van der Waals surface area (Å²) < 4.78 is 5.54. The van der Waals surface area contributed by atoms with E-state index < -0.39 is 0 Å².